The lowest BCUT2D eigenvalue weighted by atomic mass is 10.0. The predicted octanol–water partition coefficient (Wildman–Crippen LogP) is 18.8. The quantitative estimate of drug-likeness (QED) is 0.0262. The number of hydrogen-bond acceptors (Lipinski definition) is 6. The first-order chi connectivity index (χ1) is 32.5. The first-order valence-corrected chi connectivity index (χ1v) is 28.3. The Balaban J connectivity index is 4.41. The molecule has 0 saturated carbocycles. The molecule has 0 radical (unpaired) electrons. The van der Waals surface area contributed by atoms with Crippen molar-refractivity contribution in [2.45, 2.75) is 290 Å². The van der Waals surface area contributed by atoms with Gasteiger partial charge in [-0.25, -0.2) is 0 Å². The molecule has 0 aliphatic rings. The molecule has 0 bridgehead atoms. The third-order valence-corrected chi connectivity index (χ3v) is 12.2. The fourth-order valence-electron chi connectivity index (χ4n) is 7.96. The molecule has 0 unspecified atom stereocenters. The molecule has 0 amide bonds. The SMILES string of the molecule is CCCCC/C=C\C/C=C\CCCCCCCCCCCC(=O)OC[C@H](COC(=O)CCCCCCCCCCCCCC)OC(=O)CCC/C=C\C/C=C\C/C=C\CCCCCCCC. The summed E-state index contributed by atoms with van der Waals surface area (Å²) in [4.78, 5) is 38.1. The molecule has 0 spiro atoms. The first kappa shape index (κ1) is 63.1. The maximum Gasteiger partial charge on any atom is 0.306 e. The van der Waals surface area contributed by atoms with Crippen molar-refractivity contribution in [3.8, 4) is 0 Å². The van der Waals surface area contributed by atoms with E-state index in [0.29, 0.717) is 19.3 Å². The van der Waals surface area contributed by atoms with Gasteiger partial charge in [0, 0.05) is 19.3 Å². The molecule has 1 atom stereocenters. The zero-order valence-corrected chi connectivity index (χ0v) is 43.7. The first-order valence-electron chi connectivity index (χ1n) is 28.3. The summed E-state index contributed by atoms with van der Waals surface area (Å²) >= 11 is 0. The molecule has 0 aromatic heterocycles. The van der Waals surface area contributed by atoms with Gasteiger partial charge in [0.1, 0.15) is 13.2 Å². The van der Waals surface area contributed by atoms with Crippen LogP contribution in [-0.2, 0) is 28.6 Å². The third kappa shape index (κ3) is 52.1. The monoisotopic (exact) mass is 923 g/mol. The Bertz CT molecular complexity index is 1200. The summed E-state index contributed by atoms with van der Waals surface area (Å²) in [5.74, 6) is -0.941. The standard InChI is InChI=1S/C60H106O6/c1-4-7-10-13-16-19-22-25-27-29-30-32-33-35-38-41-44-47-50-53-59(62)65-56-57(55-64-58(61)52-49-46-43-40-37-24-21-18-15-12-9-6-3)66-60(63)54-51-48-45-42-39-36-34-31-28-26-23-20-17-14-11-8-5-2/h16,19,25-28,34,36,42,45,57H,4-15,17-18,20-24,29-33,35,37-41,43-44,46-56H2,1-3H3/b19-16-,27-25-,28-26-,36-34-,45-42-/t57-/m0/s1. The molecule has 6 heteroatoms. The van der Waals surface area contributed by atoms with Gasteiger partial charge in [0.05, 0.1) is 0 Å². The van der Waals surface area contributed by atoms with E-state index in [-0.39, 0.29) is 37.5 Å². The van der Waals surface area contributed by atoms with Gasteiger partial charge < -0.3 is 14.2 Å². The number of hydrogen-bond donors (Lipinski definition) is 0. The van der Waals surface area contributed by atoms with E-state index in [2.05, 4.69) is 81.5 Å². The minimum absolute atomic E-state index is 0.0931. The summed E-state index contributed by atoms with van der Waals surface area (Å²) < 4.78 is 16.8. The molecule has 0 fully saturated rings. The zero-order chi connectivity index (χ0) is 47.9. The molecule has 0 aromatic carbocycles. The van der Waals surface area contributed by atoms with Crippen LogP contribution in [0.3, 0.4) is 0 Å². The number of unbranched alkanes of at least 4 members (excludes halogenated alkanes) is 30. The Hall–Kier alpha value is -2.89. The second kappa shape index (κ2) is 54.7. The van der Waals surface area contributed by atoms with Crippen LogP contribution in [0, 0.1) is 0 Å². The molecule has 0 saturated heterocycles. The Morgan fingerprint density at radius 1 is 0.303 bits per heavy atom. The van der Waals surface area contributed by atoms with Crippen molar-refractivity contribution < 1.29 is 28.6 Å². The van der Waals surface area contributed by atoms with E-state index in [1.807, 2.05) is 0 Å². The second-order valence-electron chi connectivity index (χ2n) is 18.8. The van der Waals surface area contributed by atoms with Crippen LogP contribution in [0.1, 0.15) is 284 Å². The van der Waals surface area contributed by atoms with Gasteiger partial charge in [-0.15, -0.1) is 0 Å². The van der Waals surface area contributed by atoms with Crippen molar-refractivity contribution in [2.24, 2.45) is 0 Å². The molecule has 0 rings (SSSR count). The average molecular weight is 924 g/mol. The van der Waals surface area contributed by atoms with E-state index in [0.717, 1.165) is 64.2 Å². The van der Waals surface area contributed by atoms with Crippen LogP contribution in [-0.4, -0.2) is 37.2 Å². The van der Waals surface area contributed by atoms with Crippen molar-refractivity contribution in [1.82, 2.24) is 0 Å². The summed E-state index contributed by atoms with van der Waals surface area (Å²) in [6, 6.07) is 0. The Morgan fingerprint density at radius 3 is 0.924 bits per heavy atom. The zero-order valence-electron chi connectivity index (χ0n) is 43.7. The maximum absolute atomic E-state index is 12.8. The summed E-state index contributed by atoms with van der Waals surface area (Å²) in [7, 11) is 0. The molecular formula is C60H106O6. The van der Waals surface area contributed by atoms with Gasteiger partial charge in [-0.05, 0) is 83.5 Å². The fraction of sp³-hybridized carbons (Fsp3) is 0.783. The van der Waals surface area contributed by atoms with E-state index in [9.17, 15) is 14.4 Å². The highest BCUT2D eigenvalue weighted by atomic mass is 16.6. The normalized spacial score (nSPS) is 12.5. The number of allylic oxidation sites excluding steroid dienone is 10. The topological polar surface area (TPSA) is 78.9 Å². The number of ether oxygens (including phenoxy) is 3. The minimum atomic E-state index is -0.800. The van der Waals surface area contributed by atoms with Crippen molar-refractivity contribution >= 4 is 17.9 Å². The lowest BCUT2D eigenvalue weighted by Gasteiger charge is -2.18. The molecule has 0 N–H and O–H groups in total. The van der Waals surface area contributed by atoms with E-state index in [4.69, 9.17) is 14.2 Å². The lowest BCUT2D eigenvalue weighted by molar-refractivity contribution is -0.167. The fourth-order valence-corrected chi connectivity index (χ4v) is 7.96. The smallest absolute Gasteiger partial charge is 0.306 e. The van der Waals surface area contributed by atoms with Gasteiger partial charge in [0.2, 0.25) is 0 Å². The van der Waals surface area contributed by atoms with Crippen LogP contribution < -0.4 is 0 Å². The predicted molar refractivity (Wildman–Crippen MR) is 284 cm³/mol. The van der Waals surface area contributed by atoms with Crippen LogP contribution in [0.4, 0.5) is 0 Å². The molecule has 6 nitrogen and oxygen atoms in total. The molecule has 0 heterocycles. The Morgan fingerprint density at radius 2 is 0.561 bits per heavy atom. The molecule has 382 valence electrons. The second-order valence-corrected chi connectivity index (χ2v) is 18.8. The van der Waals surface area contributed by atoms with E-state index in [1.54, 1.807) is 0 Å². The van der Waals surface area contributed by atoms with Gasteiger partial charge in [0.25, 0.3) is 0 Å². The highest BCUT2D eigenvalue weighted by Gasteiger charge is 2.19. The summed E-state index contributed by atoms with van der Waals surface area (Å²) in [6.07, 6.45) is 67.8. The highest BCUT2D eigenvalue weighted by molar-refractivity contribution is 5.71. The van der Waals surface area contributed by atoms with Crippen LogP contribution in [0.25, 0.3) is 0 Å². The number of esters is 3. The Kier molecular flexibility index (Phi) is 52.3. The summed E-state index contributed by atoms with van der Waals surface area (Å²) in [5.41, 5.74) is 0. The number of carbonyl (C=O) groups is 3. The third-order valence-electron chi connectivity index (χ3n) is 12.2. The lowest BCUT2D eigenvalue weighted by Crippen LogP contribution is -2.30. The van der Waals surface area contributed by atoms with Crippen LogP contribution in [0.15, 0.2) is 60.8 Å². The van der Waals surface area contributed by atoms with E-state index < -0.39 is 6.10 Å². The van der Waals surface area contributed by atoms with Crippen molar-refractivity contribution in [2.75, 3.05) is 13.2 Å². The molecule has 0 aromatic rings. The average Bonchev–Trinajstić information content (AvgIpc) is 3.31. The van der Waals surface area contributed by atoms with E-state index in [1.165, 1.54) is 173 Å². The number of carbonyl (C=O) groups excluding carboxylic acids is 3. The molecular weight excluding hydrogens is 817 g/mol. The largest absolute Gasteiger partial charge is 0.462 e. The van der Waals surface area contributed by atoms with Gasteiger partial charge in [-0.3, -0.25) is 14.4 Å². The van der Waals surface area contributed by atoms with E-state index >= 15 is 0 Å². The minimum Gasteiger partial charge on any atom is -0.462 e. The van der Waals surface area contributed by atoms with Gasteiger partial charge in [-0.2, -0.15) is 0 Å². The van der Waals surface area contributed by atoms with Crippen molar-refractivity contribution in [3.05, 3.63) is 60.8 Å². The van der Waals surface area contributed by atoms with Gasteiger partial charge in [0.15, 0.2) is 6.10 Å². The molecule has 0 aliphatic carbocycles. The van der Waals surface area contributed by atoms with Crippen LogP contribution in [0.2, 0.25) is 0 Å². The van der Waals surface area contributed by atoms with Gasteiger partial charge >= 0.3 is 17.9 Å². The van der Waals surface area contributed by atoms with Gasteiger partial charge in [-0.1, -0.05) is 242 Å². The Labute approximate surface area is 409 Å². The van der Waals surface area contributed by atoms with Crippen LogP contribution >= 0.6 is 0 Å². The van der Waals surface area contributed by atoms with Crippen LogP contribution in [0.5, 0.6) is 0 Å². The van der Waals surface area contributed by atoms with Crippen molar-refractivity contribution in [1.29, 1.82) is 0 Å². The molecule has 66 heavy (non-hydrogen) atoms. The molecule has 0 aliphatic heterocycles. The van der Waals surface area contributed by atoms with Crippen molar-refractivity contribution in [3.63, 3.8) is 0 Å². The highest BCUT2D eigenvalue weighted by Crippen LogP contribution is 2.15. The number of rotatable bonds is 51. The maximum atomic E-state index is 12.8. The summed E-state index contributed by atoms with van der Waals surface area (Å²) in [6.45, 7) is 6.58. The summed E-state index contributed by atoms with van der Waals surface area (Å²) in [5, 5.41) is 0.